The molecular weight excluding hydrogens is 346 g/mol. The Morgan fingerprint density at radius 2 is 2.00 bits per heavy atom. The Bertz CT molecular complexity index is 596. The summed E-state index contributed by atoms with van der Waals surface area (Å²) in [4.78, 5) is 4.31. The van der Waals surface area contributed by atoms with E-state index in [0.717, 1.165) is 11.0 Å². The van der Waals surface area contributed by atoms with E-state index in [1.807, 2.05) is 19.1 Å². The lowest BCUT2D eigenvalue weighted by molar-refractivity contribution is -0.434. The highest BCUT2D eigenvalue weighted by atomic mass is 32.2. The molecule has 11 heteroatoms. The Balaban J connectivity index is 2.43. The summed E-state index contributed by atoms with van der Waals surface area (Å²) in [5.41, 5.74) is 0.962. The Labute approximate surface area is 139 Å². The number of nitrogens with one attached hydrogen (secondary N) is 2. The third-order valence-corrected chi connectivity index (χ3v) is 4.17. The summed E-state index contributed by atoms with van der Waals surface area (Å²) in [6.07, 6.45) is 0. The highest BCUT2D eigenvalue weighted by molar-refractivity contribution is 7.94. The first-order chi connectivity index (χ1) is 11.0. The van der Waals surface area contributed by atoms with E-state index >= 15 is 0 Å². The molecule has 1 aromatic rings. The first kappa shape index (κ1) is 19.7. The second-order valence-corrected chi connectivity index (χ2v) is 6.91. The average molecular weight is 365 g/mol. The van der Waals surface area contributed by atoms with Crippen LogP contribution in [0.5, 0.6) is 0 Å². The van der Waals surface area contributed by atoms with Gasteiger partial charge >= 0.3 is 0 Å². The van der Waals surface area contributed by atoms with E-state index in [4.69, 9.17) is 9.44 Å². The Morgan fingerprint density at radius 3 is 2.61 bits per heavy atom. The van der Waals surface area contributed by atoms with Gasteiger partial charge < -0.3 is 10.6 Å². The van der Waals surface area contributed by atoms with Crippen molar-refractivity contribution in [1.29, 1.82) is 0 Å². The Kier molecular flexibility index (Phi) is 8.91. The zero-order valence-electron chi connectivity index (χ0n) is 12.5. The van der Waals surface area contributed by atoms with E-state index in [1.54, 1.807) is 0 Å². The molecule has 0 atom stereocenters. The zero-order valence-corrected chi connectivity index (χ0v) is 14.2. The van der Waals surface area contributed by atoms with Gasteiger partial charge in [-0.05, 0) is 24.6 Å². The van der Waals surface area contributed by atoms with Crippen molar-refractivity contribution in [2.75, 3.05) is 36.1 Å². The standard InChI is InChI=1S/C12H19N3O6S2/c1-3-23(17,18)7-5-14-12-9-10(2)8-11(15-12)13-4-6-19-22-21-20-16/h3,8-9,16H,1,4-7H2,2H3,(H2,13,14,15). The molecule has 9 nitrogen and oxygen atoms in total. The van der Waals surface area contributed by atoms with Crippen molar-refractivity contribution in [1.82, 2.24) is 4.98 Å². The summed E-state index contributed by atoms with van der Waals surface area (Å²) in [5, 5.41) is 18.2. The van der Waals surface area contributed by atoms with Gasteiger partial charge in [-0.1, -0.05) is 11.6 Å². The third kappa shape index (κ3) is 8.74. The van der Waals surface area contributed by atoms with Gasteiger partial charge in [0, 0.05) is 18.5 Å². The highest BCUT2D eigenvalue weighted by Gasteiger charge is 2.05. The second kappa shape index (κ2) is 10.4. The molecular formula is C12H19N3O6S2. The first-order valence-electron chi connectivity index (χ1n) is 6.55. The monoisotopic (exact) mass is 365 g/mol. The number of hydrogen-bond donors (Lipinski definition) is 3. The van der Waals surface area contributed by atoms with Gasteiger partial charge in [-0.3, -0.25) is 4.18 Å². The van der Waals surface area contributed by atoms with Gasteiger partial charge in [0.05, 0.1) is 12.4 Å². The minimum Gasteiger partial charge on any atom is -0.369 e. The maximum absolute atomic E-state index is 11.3. The van der Waals surface area contributed by atoms with E-state index in [0.29, 0.717) is 30.5 Å². The quantitative estimate of drug-likeness (QED) is 0.219. The maximum atomic E-state index is 11.3. The van der Waals surface area contributed by atoms with Crippen molar-refractivity contribution >= 4 is 33.8 Å². The van der Waals surface area contributed by atoms with Gasteiger partial charge in [0.2, 0.25) is 0 Å². The van der Waals surface area contributed by atoms with E-state index in [1.165, 1.54) is 0 Å². The lowest BCUT2D eigenvalue weighted by Crippen LogP contribution is -2.15. The van der Waals surface area contributed by atoms with Crippen LogP contribution in [-0.2, 0) is 23.4 Å². The molecule has 0 spiro atoms. The van der Waals surface area contributed by atoms with Gasteiger partial charge in [-0.15, -0.1) is 4.33 Å². The van der Waals surface area contributed by atoms with Crippen molar-refractivity contribution in [2.24, 2.45) is 0 Å². The first-order valence-corrected chi connectivity index (χ1v) is 8.93. The zero-order chi connectivity index (χ0) is 17.1. The van der Waals surface area contributed by atoms with Gasteiger partial charge in [-0.2, -0.15) is 0 Å². The van der Waals surface area contributed by atoms with Gasteiger partial charge in [0.1, 0.15) is 11.6 Å². The number of pyridine rings is 1. The SMILES string of the molecule is C=CS(=O)(=O)CCNc1cc(C)cc(NCCOSOOO)n1. The van der Waals surface area contributed by atoms with Crippen LogP contribution in [0.3, 0.4) is 0 Å². The predicted molar refractivity (Wildman–Crippen MR) is 88.3 cm³/mol. The van der Waals surface area contributed by atoms with E-state index in [9.17, 15) is 8.42 Å². The molecule has 0 radical (unpaired) electrons. The van der Waals surface area contributed by atoms with Crippen LogP contribution >= 0.6 is 12.3 Å². The number of sulfone groups is 1. The fraction of sp³-hybridized carbons (Fsp3) is 0.417. The molecule has 0 aliphatic rings. The van der Waals surface area contributed by atoms with E-state index in [-0.39, 0.29) is 18.9 Å². The molecule has 0 saturated heterocycles. The van der Waals surface area contributed by atoms with Crippen molar-refractivity contribution in [3.8, 4) is 0 Å². The van der Waals surface area contributed by atoms with Crippen LogP contribution in [0.25, 0.3) is 0 Å². The largest absolute Gasteiger partial charge is 0.369 e. The number of aromatic nitrogens is 1. The number of nitrogens with zero attached hydrogens (tertiary/aromatic N) is 1. The fourth-order valence-corrected chi connectivity index (χ4v) is 2.31. The van der Waals surface area contributed by atoms with Crippen LogP contribution in [0.15, 0.2) is 24.1 Å². The summed E-state index contributed by atoms with van der Waals surface area (Å²) in [6, 6.07) is 3.65. The van der Waals surface area contributed by atoms with Crippen molar-refractivity contribution in [3.05, 3.63) is 29.7 Å². The molecule has 130 valence electrons. The molecule has 0 aliphatic heterocycles. The van der Waals surface area contributed by atoms with Crippen LogP contribution in [0, 0.1) is 6.92 Å². The number of hydrogen-bond acceptors (Lipinski definition) is 10. The molecule has 23 heavy (non-hydrogen) atoms. The van der Waals surface area contributed by atoms with Crippen LogP contribution in [-0.4, -0.2) is 44.1 Å². The van der Waals surface area contributed by atoms with Gasteiger partial charge in [0.15, 0.2) is 22.2 Å². The lowest BCUT2D eigenvalue weighted by atomic mass is 10.3. The molecule has 0 aliphatic carbocycles. The smallest absolute Gasteiger partial charge is 0.197 e. The number of anilines is 2. The Hall–Kier alpha value is -1.37. The molecule has 3 N–H and O–H groups in total. The second-order valence-electron chi connectivity index (χ2n) is 4.33. The highest BCUT2D eigenvalue weighted by Crippen LogP contribution is 2.13. The summed E-state index contributed by atoms with van der Waals surface area (Å²) >= 11 is 0.500. The minimum atomic E-state index is -3.24. The molecule has 0 fully saturated rings. The molecule has 1 heterocycles. The summed E-state index contributed by atoms with van der Waals surface area (Å²) in [5.74, 6) is 1.14. The van der Waals surface area contributed by atoms with Crippen molar-refractivity contribution < 1.29 is 27.2 Å². The van der Waals surface area contributed by atoms with Gasteiger partial charge in [0.25, 0.3) is 0 Å². The third-order valence-electron chi connectivity index (χ3n) is 2.51. The minimum absolute atomic E-state index is 0.0487. The van der Waals surface area contributed by atoms with Crippen molar-refractivity contribution in [2.45, 2.75) is 6.92 Å². The van der Waals surface area contributed by atoms with Crippen LogP contribution in [0.2, 0.25) is 0 Å². The number of rotatable bonds is 12. The molecule has 0 bridgehead atoms. The molecule has 1 rings (SSSR count). The Morgan fingerprint density at radius 1 is 1.35 bits per heavy atom. The van der Waals surface area contributed by atoms with Crippen LogP contribution in [0.1, 0.15) is 5.56 Å². The van der Waals surface area contributed by atoms with Crippen LogP contribution < -0.4 is 10.6 Å². The summed E-state index contributed by atoms with van der Waals surface area (Å²) in [6.45, 7) is 6.13. The predicted octanol–water partition coefficient (Wildman–Crippen LogP) is 1.77. The summed E-state index contributed by atoms with van der Waals surface area (Å²) < 4.78 is 31.6. The molecule has 0 saturated carbocycles. The fourth-order valence-electron chi connectivity index (χ4n) is 1.54. The van der Waals surface area contributed by atoms with Crippen molar-refractivity contribution in [3.63, 3.8) is 0 Å². The van der Waals surface area contributed by atoms with Crippen LogP contribution in [0.4, 0.5) is 11.6 Å². The van der Waals surface area contributed by atoms with E-state index < -0.39 is 9.84 Å². The lowest BCUT2D eigenvalue weighted by Gasteiger charge is -2.10. The van der Waals surface area contributed by atoms with Gasteiger partial charge in [-0.25, -0.2) is 18.7 Å². The molecule has 0 aromatic carbocycles. The molecule has 0 unspecified atom stereocenters. The van der Waals surface area contributed by atoms with E-state index in [2.05, 4.69) is 31.6 Å². The maximum Gasteiger partial charge on any atom is 0.197 e. The topological polar surface area (TPSA) is 119 Å². The number of aryl methyl sites for hydroxylation is 1. The average Bonchev–Trinajstić information content (AvgIpc) is 2.50. The molecule has 0 amide bonds. The summed E-state index contributed by atoms with van der Waals surface area (Å²) in [7, 11) is -3.24. The normalized spacial score (nSPS) is 11.2. The molecule has 1 aromatic heterocycles.